The molecule has 0 unspecified atom stereocenters. The maximum atomic E-state index is 12.1. The molecule has 3 fully saturated rings. The SMILES string of the molecule is CC.CC(C)(C)OC(=O)N1CC2(CC(n3cc(B4OC(C)(C)C(C)(C)O4)cn3)C2)C1. The molecule has 0 radical (unpaired) electrons. The van der Waals surface area contributed by atoms with Gasteiger partial charge in [0.1, 0.15) is 5.60 Å². The summed E-state index contributed by atoms with van der Waals surface area (Å²) in [7, 11) is -0.376. The van der Waals surface area contributed by atoms with Crippen molar-refractivity contribution in [3.05, 3.63) is 12.4 Å². The van der Waals surface area contributed by atoms with E-state index in [0.29, 0.717) is 6.04 Å². The van der Waals surface area contributed by atoms with Gasteiger partial charge in [-0.15, -0.1) is 0 Å². The van der Waals surface area contributed by atoms with Crippen LogP contribution >= 0.6 is 0 Å². The molecule has 0 N–H and O–H groups in total. The molecule has 2 aliphatic heterocycles. The van der Waals surface area contributed by atoms with Crippen LogP contribution in [0.5, 0.6) is 0 Å². The summed E-state index contributed by atoms with van der Waals surface area (Å²) >= 11 is 0. The van der Waals surface area contributed by atoms with E-state index in [1.165, 1.54) is 0 Å². The Balaban J connectivity index is 0.00000124. The number of likely N-dealkylation sites (tertiary alicyclic amines) is 1. The zero-order chi connectivity index (χ0) is 22.5. The lowest BCUT2D eigenvalue weighted by atomic mass is 9.61. The molecule has 30 heavy (non-hydrogen) atoms. The van der Waals surface area contributed by atoms with E-state index >= 15 is 0 Å². The Morgan fingerprint density at radius 3 is 2.17 bits per heavy atom. The molecule has 8 heteroatoms. The maximum absolute atomic E-state index is 12.1. The average Bonchev–Trinajstić information content (AvgIpc) is 3.08. The Bertz CT molecular complexity index is 754. The zero-order valence-electron chi connectivity index (χ0n) is 20.1. The first-order valence-electron chi connectivity index (χ1n) is 11.2. The van der Waals surface area contributed by atoms with E-state index < -0.39 is 5.60 Å². The molecule has 0 bridgehead atoms. The largest absolute Gasteiger partial charge is 0.498 e. The lowest BCUT2D eigenvalue weighted by Gasteiger charge is -2.58. The Hall–Kier alpha value is -1.54. The molecule has 7 nitrogen and oxygen atoms in total. The van der Waals surface area contributed by atoms with Gasteiger partial charge in [-0.25, -0.2) is 4.79 Å². The molecule has 1 aliphatic carbocycles. The molecule has 0 aromatic carbocycles. The topological polar surface area (TPSA) is 65.8 Å². The number of carbonyl (C=O) groups is 1. The molecular weight excluding hydrogens is 381 g/mol. The highest BCUT2D eigenvalue weighted by atomic mass is 16.7. The first-order chi connectivity index (χ1) is 13.8. The molecule has 3 aliphatic rings. The van der Waals surface area contributed by atoms with Crippen molar-refractivity contribution in [2.24, 2.45) is 5.41 Å². The Morgan fingerprint density at radius 2 is 1.67 bits per heavy atom. The van der Waals surface area contributed by atoms with Crippen molar-refractivity contribution in [3.8, 4) is 0 Å². The molecule has 1 amide bonds. The van der Waals surface area contributed by atoms with Crippen molar-refractivity contribution < 1.29 is 18.8 Å². The van der Waals surface area contributed by atoms with Gasteiger partial charge in [-0.05, 0) is 61.3 Å². The lowest BCUT2D eigenvalue weighted by Crippen LogP contribution is -2.64. The number of aromatic nitrogens is 2. The highest BCUT2D eigenvalue weighted by Gasteiger charge is 2.56. The Kier molecular flexibility index (Phi) is 5.82. The summed E-state index contributed by atoms with van der Waals surface area (Å²) in [5, 5.41) is 4.56. The lowest BCUT2D eigenvalue weighted by molar-refractivity contribution is -0.0927. The summed E-state index contributed by atoms with van der Waals surface area (Å²) in [6, 6.07) is 0.372. The van der Waals surface area contributed by atoms with Gasteiger partial charge in [-0.2, -0.15) is 5.10 Å². The van der Waals surface area contributed by atoms with Gasteiger partial charge in [0.2, 0.25) is 0 Å². The third-order valence-electron chi connectivity index (χ3n) is 6.56. The van der Waals surface area contributed by atoms with Crippen LogP contribution < -0.4 is 5.46 Å². The summed E-state index contributed by atoms with van der Waals surface area (Å²) in [6.45, 7) is 19.5. The van der Waals surface area contributed by atoms with Crippen molar-refractivity contribution in [2.45, 2.75) is 98.0 Å². The first kappa shape index (κ1) is 23.1. The smallest absolute Gasteiger partial charge is 0.444 e. The fourth-order valence-electron chi connectivity index (χ4n) is 4.26. The van der Waals surface area contributed by atoms with Gasteiger partial charge in [0, 0.05) is 36.4 Å². The van der Waals surface area contributed by atoms with Crippen LogP contribution in [0.3, 0.4) is 0 Å². The Morgan fingerprint density at radius 1 is 1.13 bits per heavy atom. The third kappa shape index (κ3) is 4.26. The van der Waals surface area contributed by atoms with Gasteiger partial charge in [-0.3, -0.25) is 4.68 Å². The second kappa shape index (κ2) is 7.55. The van der Waals surface area contributed by atoms with Crippen molar-refractivity contribution in [3.63, 3.8) is 0 Å². The normalized spacial score (nSPS) is 24.0. The van der Waals surface area contributed by atoms with Crippen LogP contribution in [0.1, 0.15) is 81.2 Å². The molecule has 1 saturated carbocycles. The highest BCUT2D eigenvalue weighted by Crippen LogP contribution is 2.54. The molecular formula is C22H38BN3O4. The van der Waals surface area contributed by atoms with Crippen LogP contribution in [0.25, 0.3) is 0 Å². The molecule has 1 spiro atoms. The average molecular weight is 419 g/mol. The second-order valence-corrected chi connectivity index (χ2v) is 10.7. The van der Waals surface area contributed by atoms with Gasteiger partial charge >= 0.3 is 13.2 Å². The van der Waals surface area contributed by atoms with E-state index in [9.17, 15) is 4.79 Å². The minimum absolute atomic E-state index is 0.205. The van der Waals surface area contributed by atoms with Crippen LogP contribution in [0.2, 0.25) is 0 Å². The van der Waals surface area contributed by atoms with Crippen molar-refractivity contribution in [2.75, 3.05) is 13.1 Å². The molecule has 4 rings (SSSR count). The number of carbonyl (C=O) groups excluding carboxylic acids is 1. The van der Waals surface area contributed by atoms with Crippen LogP contribution in [-0.2, 0) is 14.0 Å². The van der Waals surface area contributed by atoms with Crippen molar-refractivity contribution in [1.29, 1.82) is 0 Å². The number of rotatable bonds is 2. The first-order valence-corrected chi connectivity index (χ1v) is 11.2. The van der Waals surface area contributed by atoms with Crippen LogP contribution in [0, 0.1) is 5.41 Å². The van der Waals surface area contributed by atoms with E-state index in [-0.39, 0.29) is 29.8 Å². The maximum Gasteiger partial charge on any atom is 0.498 e. The van der Waals surface area contributed by atoms with Crippen molar-refractivity contribution >= 4 is 18.7 Å². The zero-order valence-corrected chi connectivity index (χ0v) is 20.1. The molecule has 3 heterocycles. The van der Waals surface area contributed by atoms with Gasteiger partial charge in [0.05, 0.1) is 17.2 Å². The molecule has 1 aromatic rings. The monoisotopic (exact) mass is 419 g/mol. The summed E-state index contributed by atoms with van der Waals surface area (Å²) in [6.07, 6.45) is 5.77. The third-order valence-corrected chi connectivity index (χ3v) is 6.56. The number of amides is 1. The van der Waals surface area contributed by atoms with E-state index in [1.54, 1.807) is 4.90 Å². The number of hydrogen-bond acceptors (Lipinski definition) is 5. The van der Waals surface area contributed by atoms with Crippen LogP contribution in [0.4, 0.5) is 4.79 Å². The van der Waals surface area contributed by atoms with Gasteiger partial charge < -0.3 is 18.9 Å². The van der Waals surface area contributed by atoms with E-state index in [1.807, 2.05) is 51.7 Å². The molecule has 0 atom stereocenters. The fourth-order valence-corrected chi connectivity index (χ4v) is 4.26. The quantitative estimate of drug-likeness (QED) is 0.683. The van der Waals surface area contributed by atoms with Gasteiger partial charge in [0.15, 0.2) is 0 Å². The molecule has 1 aromatic heterocycles. The molecule has 168 valence electrons. The predicted octanol–water partition coefficient (Wildman–Crippen LogP) is 3.78. The predicted molar refractivity (Wildman–Crippen MR) is 118 cm³/mol. The summed E-state index contributed by atoms with van der Waals surface area (Å²) in [5.74, 6) is 0. The number of hydrogen-bond donors (Lipinski definition) is 0. The summed E-state index contributed by atoms with van der Waals surface area (Å²) in [5.41, 5.74) is 0.0526. The minimum Gasteiger partial charge on any atom is -0.444 e. The van der Waals surface area contributed by atoms with E-state index in [0.717, 1.165) is 31.4 Å². The van der Waals surface area contributed by atoms with Crippen LogP contribution in [0.15, 0.2) is 12.4 Å². The number of ether oxygens (including phenoxy) is 1. The van der Waals surface area contributed by atoms with Gasteiger partial charge in [0.25, 0.3) is 0 Å². The van der Waals surface area contributed by atoms with Crippen LogP contribution in [-0.4, -0.2) is 57.8 Å². The highest BCUT2D eigenvalue weighted by molar-refractivity contribution is 6.62. The second-order valence-electron chi connectivity index (χ2n) is 10.7. The molecule has 2 saturated heterocycles. The fraction of sp³-hybridized carbons (Fsp3) is 0.818. The minimum atomic E-state index is -0.443. The van der Waals surface area contributed by atoms with E-state index in [4.69, 9.17) is 14.0 Å². The van der Waals surface area contributed by atoms with Crippen molar-refractivity contribution in [1.82, 2.24) is 14.7 Å². The standard InChI is InChI=1S/C20H32BN3O4.C2H6/c1-17(2,3)26-16(25)23-12-20(13-23)8-15(9-20)24-11-14(10-22-24)21-27-18(4,5)19(6,7)28-21;1-2/h10-11,15H,8-9,12-13H2,1-7H3;1-2H3. The summed E-state index contributed by atoms with van der Waals surface area (Å²) < 4.78 is 19.7. The number of nitrogens with zero attached hydrogens (tertiary/aromatic N) is 3. The van der Waals surface area contributed by atoms with E-state index in [2.05, 4.69) is 32.8 Å². The van der Waals surface area contributed by atoms with Gasteiger partial charge in [-0.1, -0.05) is 13.8 Å². The summed E-state index contributed by atoms with van der Waals surface area (Å²) in [4.78, 5) is 13.9. The Labute approximate surface area is 181 Å².